The van der Waals surface area contributed by atoms with Crippen LogP contribution in [0.5, 0.6) is 0 Å². The quantitative estimate of drug-likeness (QED) is 0.184. The van der Waals surface area contributed by atoms with E-state index in [1.165, 1.54) is 70.0 Å². The van der Waals surface area contributed by atoms with Crippen molar-refractivity contribution in [1.82, 2.24) is 10.2 Å². The minimum Gasteiger partial charge on any atom is -0.137 e. The molecule has 0 radical (unpaired) electrons. The first kappa shape index (κ1) is 23.5. The summed E-state index contributed by atoms with van der Waals surface area (Å²) in [5, 5.41) is 9.57. The highest BCUT2D eigenvalue weighted by Gasteiger charge is 2.07. The van der Waals surface area contributed by atoms with Crippen molar-refractivity contribution in [3.05, 3.63) is 30.3 Å². The van der Waals surface area contributed by atoms with Crippen molar-refractivity contribution in [2.75, 3.05) is 5.75 Å². The minimum absolute atomic E-state index is 1.00. The Morgan fingerprint density at radius 2 is 1.44 bits per heavy atom. The topological polar surface area (TPSA) is 25.8 Å². The molecule has 150 valence electrons. The molecule has 0 aliphatic rings. The first-order chi connectivity index (χ1) is 13.4. The highest BCUT2D eigenvalue weighted by atomic mass is 33.7. The summed E-state index contributed by atoms with van der Waals surface area (Å²) in [4.78, 5) is 0. The molecular weight excluding hydrogens is 429 g/mol. The van der Waals surface area contributed by atoms with Gasteiger partial charge in [0.15, 0.2) is 4.34 Å². The monoisotopic (exact) mass is 458 g/mol. The Morgan fingerprint density at radius 3 is 2.15 bits per heavy atom. The lowest BCUT2D eigenvalue weighted by Gasteiger charge is -2.02. The van der Waals surface area contributed by atoms with Crippen molar-refractivity contribution < 1.29 is 0 Å². The number of aromatic nitrogens is 2. The molecule has 0 bridgehead atoms. The molecule has 0 unspecified atom stereocenters. The minimum atomic E-state index is 1.00. The Labute approximate surface area is 184 Å². The maximum atomic E-state index is 4.29. The molecule has 2 nitrogen and oxygen atoms in total. The van der Waals surface area contributed by atoms with Crippen LogP contribution in [0, 0.1) is 0 Å². The number of hydrogen-bond acceptors (Lipinski definition) is 7. The van der Waals surface area contributed by atoms with Gasteiger partial charge in [0, 0.05) is 11.3 Å². The van der Waals surface area contributed by atoms with E-state index in [0.29, 0.717) is 0 Å². The summed E-state index contributed by atoms with van der Waals surface area (Å²) < 4.78 is 1.03. The maximum Gasteiger partial charge on any atom is 0.186 e. The second kappa shape index (κ2) is 16.0. The van der Waals surface area contributed by atoms with Crippen molar-refractivity contribution in [3.8, 4) is 10.6 Å². The first-order valence-corrected chi connectivity index (χ1v) is 15.7. The highest BCUT2D eigenvalue weighted by molar-refractivity contribution is 9.26. The van der Waals surface area contributed by atoms with E-state index in [-0.39, 0.29) is 0 Å². The van der Waals surface area contributed by atoms with Gasteiger partial charge in [-0.05, 0) is 36.9 Å². The standard InChI is InChI=1S/C20H30N2S5/c1-2-3-4-5-6-7-8-9-10-14-17-23-26-27-25-20-22-21-19(24-20)18-15-12-11-13-16-18/h11-13,15-16H,2-10,14,17H2,1H3. The summed E-state index contributed by atoms with van der Waals surface area (Å²) in [5.74, 6) is 1.25. The zero-order chi connectivity index (χ0) is 19.0. The summed E-state index contributed by atoms with van der Waals surface area (Å²) in [6.45, 7) is 2.28. The van der Waals surface area contributed by atoms with Crippen molar-refractivity contribution >= 4 is 52.6 Å². The zero-order valence-electron chi connectivity index (χ0n) is 16.1. The molecule has 1 aromatic carbocycles. The van der Waals surface area contributed by atoms with Crippen LogP contribution in [0.25, 0.3) is 10.6 Å². The number of hydrogen-bond donors (Lipinski definition) is 0. The normalized spacial score (nSPS) is 11.1. The molecule has 0 saturated carbocycles. The fraction of sp³-hybridized carbons (Fsp3) is 0.600. The van der Waals surface area contributed by atoms with E-state index in [1.54, 1.807) is 32.0 Å². The Bertz CT molecular complexity index is 591. The van der Waals surface area contributed by atoms with Gasteiger partial charge >= 0.3 is 0 Å². The number of rotatable bonds is 16. The highest BCUT2D eigenvalue weighted by Crippen LogP contribution is 2.47. The molecule has 27 heavy (non-hydrogen) atoms. The van der Waals surface area contributed by atoms with Crippen molar-refractivity contribution in [2.45, 2.75) is 75.5 Å². The van der Waals surface area contributed by atoms with Crippen LogP contribution in [-0.4, -0.2) is 16.0 Å². The van der Waals surface area contributed by atoms with Gasteiger partial charge in [-0.3, -0.25) is 0 Å². The van der Waals surface area contributed by atoms with Crippen molar-refractivity contribution in [3.63, 3.8) is 0 Å². The lowest BCUT2D eigenvalue weighted by atomic mass is 10.1. The Hall–Kier alpha value is 0.180. The van der Waals surface area contributed by atoms with Crippen LogP contribution in [0.15, 0.2) is 34.7 Å². The number of benzene rings is 1. The molecule has 1 aromatic heterocycles. The lowest BCUT2D eigenvalue weighted by Crippen LogP contribution is -1.82. The van der Waals surface area contributed by atoms with E-state index in [0.717, 1.165) is 14.9 Å². The van der Waals surface area contributed by atoms with E-state index < -0.39 is 0 Å². The van der Waals surface area contributed by atoms with Gasteiger partial charge in [0.1, 0.15) is 5.01 Å². The average molecular weight is 459 g/mol. The molecule has 0 aliphatic heterocycles. The third kappa shape index (κ3) is 11.1. The first-order valence-electron chi connectivity index (χ1n) is 9.92. The van der Waals surface area contributed by atoms with Gasteiger partial charge in [-0.15, -0.1) is 10.2 Å². The molecular formula is C20H30N2S5. The van der Waals surface area contributed by atoms with E-state index in [1.807, 2.05) is 38.8 Å². The molecule has 2 rings (SSSR count). The zero-order valence-corrected chi connectivity index (χ0v) is 20.2. The molecule has 0 amide bonds. The van der Waals surface area contributed by atoms with E-state index in [9.17, 15) is 0 Å². The fourth-order valence-corrected chi connectivity index (χ4v) is 9.87. The smallest absolute Gasteiger partial charge is 0.137 e. The predicted octanol–water partition coefficient (Wildman–Crippen LogP) is 9.16. The third-order valence-electron chi connectivity index (χ3n) is 4.19. The molecule has 0 saturated heterocycles. The Kier molecular flexibility index (Phi) is 13.9. The molecule has 0 N–H and O–H groups in total. The Balaban J connectivity index is 1.39. The molecule has 0 spiro atoms. The van der Waals surface area contributed by atoms with Crippen LogP contribution in [0.4, 0.5) is 0 Å². The molecule has 0 fully saturated rings. The van der Waals surface area contributed by atoms with Crippen molar-refractivity contribution in [1.29, 1.82) is 0 Å². The van der Waals surface area contributed by atoms with Gasteiger partial charge in [-0.2, -0.15) is 0 Å². The summed E-state index contributed by atoms with van der Waals surface area (Å²) >= 11 is 1.67. The van der Waals surface area contributed by atoms with E-state index in [4.69, 9.17) is 0 Å². The molecule has 0 aliphatic carbocycles. The van der Waals surface area contributed by atoms with Gasteiger partial charge in [-0.25, -0.2) is 0 Å². The van der Waals surface area contributed by atoms with E-state index >= 15 is 0 Å². The summed E-state index contributed by atoms with van der Waals surface area (Å²) in [6, 6.07) is 10.3. The second-order valence-electron chi connectivity index (χ2n) is 6.46. The van der Waals surface area contributed by atoms with Gasteiger partial charge < -0.3 is 0 Å². The van der Waals surface area contributed by atoms with Crippen LogP contribution in [0.3, 0.4) is 0 Å². The van der Waals surface area contributed by atoms with Gasteiger partial charge in [0.05, 0.1) is 0 Å². The van der Waals surface area contributed by atoms with E-state index in [2.05, 4.69) is 29.3 Å². The lowest BCUT2D eigenvalue weighted by molar-refractivity contribution is 0.563. The summed E-state index contributed by atoms with van der Waals surface area (Å²) in [5.41, 5.74) is 1.15. The van der Waals surface area contributed by atoms with Crippen LogP contribution < -0.4 is 0 Å². The predicted molar refractivity (Wildman–Crippen MR) is 131 cm³/mol. The second-order valence-corrected chi connectivity index (χ2v) is 13.6. The third-order valence-corrected chi connectivity index (χ3v) is 11.8. The largest absolute Gasteiger partial charge is 0.186 e. The molecule has 2 aromatic rings. The Morgan fingerprint density at radius 1 is 0.778 bits per heavy atom. The molecule has 1 heterocycles. The average Bonchev–Trinajstić information content (AvgIpc) is 3.18. The van der Waals surface area contributed by atoms with Crippen LogP contribution in [0.2, 0.25) is 0 Å². The van der Waals surface area contributed by atoms with Gasteiger partial charge in [0.25, 0.3) is 0 Å². The number of nitrogens with zero attached hydrogens (tertiary/aromatic N) is 2. The van der Waals surface area contributed by atoms with Gasteiger partial charge in [-0.1, -0.05) is 117 Å². The van der Waals surface area contributed by atoms with Gasteiger partial charge in [0.2, 0.25) is 0 Å². The van der Waals surface area contributed by atoms with Crippen LogP contribution in [-0.2, 0) is 0 Å². The number of unbranched alkanes of at least 4 members (excludes halogenated alkanes) is 9. The summed E-state index contributed by atoms with van der Waals surface area (Å²) in [7, 11) is 7.36. The SMILES string of the molecule is CCCCCCCCCCCCSSSSc1nnc(-c2ccccc2)s1. The molecule has 0 atom stereocenters. The van der Waals surface area contributed by atoms with Crippen LogP contribution >= 0.6 is 52.6 Å². The fourth-order valence-electron chi connectivity index (χ4n) is 2.69. The summed E-state index contributed by atoms with van der Waals surface area (Å²) in [6.07, 6.45) is 14.1. The van der Waals surface area contributed by atoms with Crippen LogP contribution in [0.1, 0.15) is 71.1 Å². The molecule has 7 heteroatoms. The van der Waals surface area contributed by atoms with Crippen molar-refractivity contribution in [2.24, 2.45) is 0 Å². The maximum absolute atomic E-state index is 4.29.